The first-order valence-corrected chi connectivity index (χ1v) is 7.70. The summed E-state index contributed by atoms with van der Waals surface area (Å²) in [6, 6.07) is 10.3. The maximum absolute atomic E-state index is 3.67. The Balaban J connectivity index is 1.99. The normalized spacial score (nSPS) is 23.8. The van der Waals surface area contributed by atoms with Crippen molar-refractivity contribution < 1.29 is 0 Å². The van der Waals surface area contributed by atoms with Crippen LogP contribution in [0.5, 0.6) is 0 Å². The summed E-state index contributed by atoms with van der Waals surface area (Å²) in [5, 5.41) is 3.67. The Hall–Kier alpha value is -0.860. The number of aryl methyl sites for hydroxylation is 1. The molecule has 2 unspecified atom stereocenters. The molecule has 19 heavy (non-hydrogen) atoms. The molecule has 1 aromatic carbocycles. The van der Waals surface area contributed by atoms with Crippen LogP contribution < -0.4 is 5.32 Å². The fourth-order valence-corrected chi connectivity index (χ4v) is 3.35. The average molecular weight is 260 g/mol. The molecule has 1 aromatic rings. The molecule has 1 aliphatic carbocycles. The molecule has 106 valence electrons. The second-order valence-corrected chi connectivity index (χ2v) is 5.92. The summed E-state index contributed by atoms with van der Waals surface area (Å²) in [4.78, 5) is 2.54. The summed E-state index contributed by atoms with van der Waals surface area (Å²) < 4.78 is 0. The third kappa shape index (κ3) is 4.05. The van der Waals surface area contributed by atoms with E-state index in [4.69, 9.17) is 0 Å². The van der Waals surface area contributed by atoms with Gasteiger partial charge in [-0.15, -0.1) is 0 Å². The Morgan fingerprint density at radius 1 is 1.26 bits per heavy atom. The van der Waals surface area contributed by atoms with Gasteiger partial charge in [-0.2, -0.15) is 0 Å². The van der Waals surface area contributed by atoms with E-state index in [1.165, 1.54) is 36.8 Å². The van der Waals surface area contributed by atoms with E-state index in [1.54, 1.807) is 0 Å². The second-order valence-electron chi connectivity index (χ2n) is 5.92. The van der Waals surface area contributed by atoms with E-state index in [2.05, 4.69) is 55.4 Å². The minimum absolute atomic E-state index is 0.675. The first-order chi connectivity index (χ1) is 9.20. The molecule has 0 radical (unpaired) electrons. The van der Waals surface area contributed by atoms with Gasteiger partial charge in [-0.05, 0) is 38.9 Å². The lowest BCUT2D eigenvalue weighted by molar-refractivity contribution is 0.144. The summed E-state index contributed by atoms with van der Waals surface area (Å²) in [5.41, 5.74) is 2.79. The zero-order chi connectivity index (χ0) is 13.7. The minimum atomic E-state index is 0.675. The second kappa shape index (κ2) is 7.06. The first-order valence-electron chi connectivity index (χ1n) is 7.70. The lowest BCUT2D eigenvalue weighted by Crippen LogP contribution is -2.50. The highest BCUT2D eigenvalue weighted by molar-refractivity contribution is 5.22. The van der Waals surface area contributed by atoms with Gasteiger partial charge in [-0.25, -0.2) is 0 Å². The number of rotatable bonds is 5. The number of nitrogens with one attached hydrogen (secondary N) is 1. The van der Waals surface area contributed by atoms with Gasteiger partial charge in [0.2, 0.25) is 0 Å². The lowest BCUT2D eigenvalue weighted by atomic mass is 9.89. The summed E-state index contributed by atoms with van der Waals surface area (Å²) in [6.07, 6.45) is 5.42. The molecule has 0 bridgehead atoms. The van der Waals surface area contributed by atoms with E-state index in [-0.39, 0.29) is 0 Å². The Morgan fingerprint density at radius 2 is 2.05 bits per heavy atom. The molecule has 0 heterocycles. The smallest absolute Gasteiger partial charge is 0.0249 e. The predicted octanol–water partition coefficient (Wildman–Crippen LogP) is 3.35. The fourth-order valence-electron chi connectivity index (χ4n) is 3.35. The molecule has 1 N–H and O–H groups in total. The van der Waals surface area contributed by atoms with Crippen LogP contribution in [0.15, 0.2) is 24.3 Å². The molecule has 0 saturated heterocycles. The van der Waals surface area contributed by atoms with E-state index in [1.807, 2.05) is 0 Å². The van der Waals surface area contributed by atoms with Gasteiger partial charge in [-0.1, -0.05) is 49.6 Å². The van der Waals surface area contributed by atoms with Crippen LogP contribution in [-0.2, 0) is 6.54 Å². The van der Waals surface area contributed by atoms with Gasteiger partial charge in [0, 0.05) is 18.6 Å². The maximum atomic E-state index is 3.67. The van der Waals surface area contributed by atoms with Crippen LogP contribution in [0.4, 0.5) is 0 Å². The first kappa shape index (κ1) is 14.5. The molecule has 0 aromatic heterocycles. The van der Waals surface area contributed by atoms with Crippen LogP contribution in [0, 0.1) is 6.92 Å². The molecule has 2 nitrogen and oxygen atoms in total. The van der Waals surface area contributed by atoms with Crippen molar-refractivity contribution in [3.8, 4) is 0 Å². The van der Waals surface area contributed by atoms with Crippen molar-refractivity contribution in [1.29, 1.82) is 0 Å². The average Bonchev–Trinajstić information content (AvgIpc) is 2.39. The zero-order valence-electron chi connectivity index (χ0n) is 12.7. The molecule has 2 atom stereocenters. The van der Waals surface area contributed by atoms with Crippen LogP contribution in [0.3, 0.4) is 0 Å². The highest BCUT2D eigenvalue weighted by Crippen LogP contribution is 2.23. The largest absolute Gasteiger partial charge is 0.313 e. The van der Waals surface area contributed by atoms with Crippen molar-refractivity contribution in [1.82, 2.24) is 10.2 Å². The standard InChI is InChI=1S/C17H28N2/c1-4-18-16-10-5-6-11-17(16)19(3)13-15-9-7-8-14(2)12-15/h7-9,12,16-18H,4-6,10-11,13H2,1-3H3. The zero-order valence-corrected chi connectivity index (χ0v) is 12.7. The topological polar surface area (TPSA) is 15.3 Å². The van der Waals surface area contributed by atoms with Crippen LogP contribution in [0.2, 0.25) is 0 Å². The van der Waals surface area contributed by atoms with Crippen molar-refractivity contribution in [2.24, 2.45) is 0 Å². The number of likely N-dealkylation sites (N-methyl/N-ethyl adjacent to an activating group) is 2. The van der Waals surface area contributed by atoms with Crippen molar-refractivity contribution in [2.45, 2.75) is 58.2 Å². The Morgan fingerprint density at radius 3 is 2.79 bits per heavy atom. The molecular weight excluding hydrogens is 232 g/mol. The molecule has 0 spiro atoms. The SMILES string of the molecule is CCNC1CCCCC1N(C)Cc1cccc(C)c1. The molecular formula is C17H28N2. The summed E-state index contributed by atoms with van der Waals surface area (Å²) >= 11 is 0. The molecule has 0 amide bonds. The molecule has 0 aliphatic heterocycles. The summed E-state index contributed by atoms with van der Waals surface area (Å²) in [5.74, 6) is 0. The van der Waals surface area contributed by atoms with Crippen LogP contribution in [-0.4, -0.2) is 30.6 Å². The van der Waals surface area contributed by atoms with Gasteiger partial charge >= 0.3 is 0 Å². The van der Waals surface area contributed by atoms with Gasteiger partial charge in [0.1, 0.15) is 0 Å². The third-order valence-electron chi connectivity index (χ3n) is 4.28. The van der Waals surface area contributed by atoms with Gasteiger partial charge in [0.05, 0.1) is 0 Å². The quantitative estimate of drug-likeness (QED) is 0.873. The number of hydrogen-bond acceptors (Lipinski definition) is 2. The van der Waals surface area contributed by atoms with Crippen molar-refractivity contribution in [2.75, 3.05) is 13.6 Å². The highest BCUT2D eigenvalue weighted by atomic mass is 15.2. The molecule has 1 aliphatic rings. The summed E-state index contributed by atoms with van der Waals surface area (Å²) in [6.45, 7) is 6.53. The van der Waals surface area contributed by atoms with Crippen LogP contribution >= 0.6 is 0 Å². The van der Waals surface area contributed by atoms with Crippen molar-refractivity contribution in [3.05, 3.63) is 35.4 Å². The molecule has 2 heteroatoms. The van der Waals surface area contributed by atoms with Gasteiger partial charge in [-0.3, -0.25) is 4.90 Å². The Labute approximate surface area is 118 Å². The molecule has 2 rings (SSSR count). The fraction of sp³-hybridized carbons (Fsp3) is 0.647. The van der Waals surface area contributed by atoms with E-state index in [0.717, 1.165) is 13.1 Å². The Bertz CT molecular complexity index is 387. The van der Waals surface area contributed by atoms with Crippen molar-refractivity contribution in [3.63, 3.8) is 0 Å². The number of hydrogen-bond donors (Lipinski definition) is 1. The van der Waals surface area contributed by atoms with Gasteiger partial charge < -0.3 is 5.32 Å². The van der Waals surface area contributed by atoms with E-state index in [9.17, 15) is 0 Å². The lowest BCUT2D eigenvalue weighted by Gasteiger charge is -2.38. The van der Waals surface area contributed by atoms with Gasteiger partial charge in [0.25, 0.3) is 0 Å². The van der Waals surface area contributed by atoms with Crippen LogP contribution in [0.25, 0.3) is 0 Å². The maximum Gasteiger partial charge on any atom is 0.0249 e. The molecule has 1 fully saturated rings. The third-order valence-corrected chi connectivity index (χ3v) is 4.28. The Kier molecular flexibility index (Phi) is 5.41. The highest BCUT2D eigenvalue weighted by Gasteiger charge is 2.27. The van der Waals surface area contributed by atoms with Crippen molar-refractivity contribution >= 4 is 0 Å². The molecule has 1 saturated carbocycles. The predicted molar refractivity (Wildman–Crippen MR) is 82.4 cm³/mol. The van der Waals surface area contributed by atoms with E-state index >= 15 is 0 Å². The number of nitrogens with zero attached hydrogens (tertiary/aromatic N) is 1. The number of benzene rings is 1. The van der Waals surface area contributed by atoms with Gasteiger partial charge in [0.15, 0.2) is 0 Å². The van der Waals surface area contributed by atoms with Crippen LogP contribution in [0.1, 0.15) is 43.7 Å². The summed E-state index contributed by atoms with van der Waals surface area (Å²) in [7, 11) is 2.28. The minimum Gasteiger partial charge on any atom is -0.313 e. The van der Waals surface area contributed by atoms with E-state index < -0.39 is 0 Å². The van der Waals surface area contributed by atoms with E-state index in [0.29, 0.717) is 12.1 Å². The monoisotopic (exact) mass is 260 g/mol.